The average Bonchev–Trinajstić information content (AvgIpc) is 2.50. The van der Waals surface area contributed by atoms with E-state index >= 15 is 0 Å². The van der Waals surface area contributed by atoms with Gasteiger partial charge in [-0.1, -0.05) is 37.6 Å². The Morgan fingerprint density at radius 1 is 1.10 bits per heavy atom. The summed E-state index contributed by atoms with van der Waals surface area (Å²) in [5.41, 5.74) is 1.77. The smallest absolute Gasteiger partial charge is 0.0998 e. The Balaban J connectivity index is 2.02. The predicted octanol–water partition coefficient (Wildman–Crippen LogP) is 3.94. The van der Waals surface area contributed by atoms with E-state index in [1.807, 2.05) is 36.4 Å². The molecule has 0 bridgehead atoms. The van der Waals surface area contributed by atoms with Crippen molar-refractivity contribution in [3.05, 3.63) is 42.0 Å². The van der Waals surface area contributed by atoms with Crippen LogP contribution in [-0.4, -0.2) is 19.8 Å². The molecule has 3 heteroatoms. The maximum atomic E-state index is 9.13. The van der Waals surface area contributed by atoms with Crippen molar-refractivity contribution < 1.29 is 4.74 Å². The first kappa shape index (κ1) is 14.4. The van der Waals surface area contributed by atoms with Gasteiger partial charge in [-0.3, -0.25) is 0 Å². The number of rotatable bonds is 7. The number of nitriles is 1. The van der Waals surface area contributed by atoms with E-state index in [-0.39, 0.29) is 0 Å². The summed E-state index contributed by atoms with van der Waals surface area (Å²) in [4.78, 5) is 0. The van der Waals surface area contributed by atoms with Crippen molar-refractivity contribution in [1.82, 2.24) is 0 Å². The van der Waals surface area contributed by atoms with Crippen molar-refractivity contribution in [2.75, 3.05) is 25.1 Å². The van der Waals surface area contributed by atoms with E-state index < -0.39 is 0 Å². The second kappa shape index (κ2) is 7.52. The fourth-order valence-corrected chi connectivity index (χ4v) is 2.16. The van der Waals surface area contributed by atoms with E-state index in [4.69, 9.17) is 10.00 Å². The third-order valence-electron chi connectivity index (χ3n) is 3.25. The highest BCUT2D eigenvalue weighted by Gasteiger charge is 2.04. The van der Waals surface area contributed by atoms with E-state index in [1.54, 1.807) is 0 Å². The summed E-state index contributed by atoms with van der Waals surface area (Å²) in [6, 6.07) is 14.0. The van der Waals surface area contributed by atoms with Crippen LogP contribution >= 0.6 is 0 Å². The zero-order valence-corrected chi connectivity index (χ0v) is 11.9. The van der Waals surface area contributed by atoms with Crippen molar-refractivity contribution in [3.8, 4) is 6.07 Å². The first-order chi connectivity index (χ1) is 9.86. The first-order valence-corrected chi connectivity index (χ1v) is 7.10. The number of hydrogen-bond acceptors (Lipinski definition) is 3. The summed E-state index contributed by atoms with van der Waals surface area (Å²) in [6.45, 7) is 4.46. The number of fused-ring (bicyclic) bond motifs is 1. The monoisotopic (exact) mass is 268 g/mol. The maximum absolute atomic E-state index is 9.13. The molecule has 0 aliphatic rings. The fourth-order valence-electron chi connectivity index (χ4n) is 2.16. The minimum Gasteiger partial charge on any atom is -0.382 e. The van der Waals surface area contributed by atoms with Gasteiger partial charge >= 0.3 is 0 Å². The highest BCUT2D eigenvalue weighted by atomic mass is 16.5. The van der Waals surface area contributed by atoms with E-state index in [2.05, 4.69) is 18.3 Å². The predicted molar refractivity (Wildman–Crippen MR) is 82.9 cm³/mol. The molecule has 0 radical (unpaired) electrons. The number of ether oxygens (including phenoxy) is 1. The van der Waals surface area contributed by atoms with E-state index in [9.17, 15) is 0 Å². The molecule has 0 heterocycles. The topological polar surface area (TPSA) is 45.0 Å². The van der Waals surface area contributed by atoms with Crippen molar-refractivity contribution in [2.24, 2.45) is 0 Å². The second-order valence-electron chi connectivity index (χ2n) is 4.71. The molecule has 1 N–H and O–H groups in total. The lowest BCUT2D eigenvalue weighted by Gasteiger charge is -2.11. The average molecular weight is 268 g/mol. The van der Waals surface area contributed by atoms with Crippen LogP contribution in [0.1, 0.15) is 25.3 Å². The van der Waals surface area contributed by atoms with E-state index in [1.165, 1.54) is 0 Å². The molecule has 104 valence electrons. The standard InChI is InChI=1S/C17H20N2O/c1-2-3-11-20-12-10-19-17-9-8-14(13-18)15-6-4-5-7-16(15)17/h4-9,19H,2-3,10-12H2,1H3. The molecule has 0 saturated heterocycles. The molecular weight excluding hydrogens is 248 g/mol. The van der Waals surface area contributed by atoms with Gasteiger partial charge in [0.2, 0.25) is 0 Å². The molecule has 0 aliphatic heterocycles. The number of benzene rings is 2. The highest BCUT2D eigenvalue weighted by molar-refractivity contribution is 5.97. The molecule has 20 heavy (non-hydrogen) atoms. The molecule has 0 atom stereocenters. The fraction of sp³-hybridized carbons (Fsp3) is 0.353. The summed E-state index contributed by atoms with van der Waals surface area (Å²) < 4.78 is 5.54. The zero-order chi connectivity index (χ0) is 14.2. The molecule has 0 amide bonds. The van der Waals surface area contributed by atoms with Crippen LogP contribution in [0.5, 0.6) is 0 Å². The number of nitrogens with one attached hydrogen (secondary N) is 1. The first-order valence-electron chi connectivity index (χ1n) is 7.10. The molecule has 2 aromatic carbocycles. The van der Waals surface area contributed by atoms with Crippen LogP contribution in [0.15, 0.2) is 36.4 Å². The maximum Gasteiger partial charge on any atom is 0.0998 e. The van der Waals surface area contributed by atoms with Gasteiger partial charge in [0.15, 0.2) is 0 Å². The van der Waals surface area contributed by atoms with E-state index in [0.29, 0.717) is 12.2 Å². The summed E-state index contributed by atoms with van der Waals surface area (Å²) in [7, 11) is 0. The molecule has 0 fully saturated rings. The Morgan fingerprint density at radius 2 is 1.90 bits per heavy atom. The zero-order valence-electron chi connectivity index (χ0n) is 11.9. The summed E-state index contributed by atoms with van der Waals surface area (Å²) in [5.74, 6) is 0. The largest absolute Gasteiger partial charge is 0.382 e. The van der Waals surface area contributed by atoms with Gasteiger partial charge in [0.25, 0.3) is 0 Å². The normalized spacial score (nSPS) is 10.4. The van der Waals surface area contributed by atoms with Crippen LogP contribution in [0.25, 0.3) is 10.8 Å². The SMILES string of the molecule is CCCCOCCNc1ccc(C#N)c2ccccc12. The molecule has 0 unspecified atom stereocenters. The van der Waals surface area contributed by atoms with Crippen LogP contribution in [-0.2, 0) is 4.74 Å². The van der Waals surface area contributed by atoms with Crippen molar-refractivity contribution in [1.29, 1.82) is 5.26 Å². The Hall–Kier alpha value is -2.05. The third kappa shape index (κ3) is 3.49. The van der Waals surface area contributed by atoms with Gasteiger partial charge in [0, 0.05) is 29.6 Å². The molecule has 0 aliphatic carbocycles. The quantitative estimate of drug-likeness (QED) is 0.774. The van der Waals surface area contributed by atoms with Crippen LogP contribution in [0, 0.1) is 11.3 Å². The molecule has 0 aromatic heterocycles. The Kier molecular flexibility index (Phi) is 5.40. The number of nitrogens with zero attached hydrogens (tertiary/aromatic N) is 1. The molecular formula is C17H20N2O. The molecule has 3 nitrogen and oxygen atoms in total. The Labute approximate surface area is 120 Å². The summed E-state index contributed by atoms with van der Waals surface area (Å²) in [6.07, 6.45) is 2.27. The van der Waals surface area contributed by atoms with Crippen LogP contribution in [0.4, 0.5) is 5.69 Å². The number of hydrogen-bond donors (Lipinski definition) is 1. The van der Waals surface area contributed by atoms with Crippen LogP contribution in [0.3, 0.4) is 0 Å². The van der Waals surface area contributed by atoms with Crippen LogP contribution < -0.4 is 5.32 Å². The minimum absolute atomic E-state index is 0.703. The van der Waals surface area contributed by atoms with Gasteiger partial charge in [-0.25, -0.2) is 0 Å². The molecule has 0 saturated carbocycles. The molecule has 2 aromatic rings. The van der Waals surface area contributed by atoms with Crippen molar-refractivity contribution in [2.45, 2.75) is 19.8 Å². The minimum atomic E-state index is 0.703. The Morgan fingerprint density at radius 3 is 2.65 bits per heavy atom. The summed E-state index contributed by atoms with van der Waals surface area (Å²) in [5, 5.41) is 14.6. The lowest BCUT2D eigenvalue weighted by Crippen LogP contribution is -2.10. The van der Waals surface area contributed by atoms with Crippen molar-refractivity contribution in [3.63, 3.8) is 0 Å². The second-order valence-corrected chi connectivity index (χ2v) is 4.71. The lowest BCUT2D eigenvalue weighted by atomic mass is 10.0. The van der Waals surface area contributed by atoms with Gasteiger partial charge in [-0.2, -0.15) is 5.26 Å². The number of unbranched alkanes of at least 4 members (excludes halogenated alkanes) is 1. The van der Waals surface area contributed by atoms with Gasteiger partial charge < -0.3 is 10.1 Å². The van der Waals surface area contributed by atoms with Crippen LogP contribution in [0.2, 0.25) is 0 Å². The summed E-state index contributed by atoms with van der Waals surface area (Å²) >= 11 is 0. The highest BCUT2D eigenvalue weighted by Crippen LogP contribution is 2.26. The number of anilines is 1. The van der Waals surface area contributed by atoms with Gasteiger partial charge in [-0.15, -0.1) is 0 Å². The van der Waals surface area contributed by atoms with E-state index in [0.717, 1.165) is 42.5 Å². The molecule has 2 rings (SSSR count). The molecule has 0 spiro atoms. The van der Waals surface area contributed by atoms with Gasteiger partial charge in [-0.05, 0) is 18.6 Å². The van der Waals surface area contributed by atoms with Gasteiger partial charge in [0.05, 0.1) is 18.2 Å². The van der Waals surface area contributed by atoms with Gasteiger partial charge in [0.1, 0.15) is 0 Å². The Bertz CT molecular complexity index is 601. The van der Waals surface area contributed by atoms with Crippen molar-refractivity contribution >= 4 is 16.5 Å². The lowest BCUT2D eigenvalue weighted by molar-refractivity contribution is 0.141. The third-order valence-corrected chi connectivity index (χ3v) is 3.25.